The van der Waals surface area contributed by atoms with E-state index in [0.717, 1.165) is 57.4 Å². The fraction of sp³-hybridized carbons (Fsp3) is 0.619. The maximum absolute atomic E-state index is 14.0. The van der Waals surface area contributed by atoms with Gasteiger partial charge in [0.1, 0.15) is 0 Å². The predicted octanol–water partition coefficient (Wildman–Crippen LogP) is 7.28. The average Bonchev–Trinajstić information content (AvgIpc) is 3.15. The summed E-state index contributed by atoms with van der Waals surface area (Å²) in [5, 5.41) is 0.496. The van der Waals surface area contributed by atoms with E-state index < -0.39 is 30.2 Å². The Morgan fingerprint density at radius 1 is 0.893 bits per heavy atom. The zero-order valence-electron chi connectivity index (χ0n) is 17.1. The van der Waals surface area contributed by atoms with E-state index in [-0.39, 0.29) is 0 Å². The van der Waals surface area contributed by atoms with Crippen LogP contribution in [0.2, 0.25) is 13.3 Å². The molecule has 28 heavy (non-hydrogen) atoms. The van der Waals surface area contributed by atoms with Gasteiger partial charge < -0.3 is 0 Å². The van der Waals surface area contributed by atoms with Crippen LogP contribution < -0.4 is 2.89 Å². The van der Waals surface area contributed by atoms with E-state index in [1.807, 2.05) is 0 Å². The first-order chi connectivity index (χ1) is 13.4. The van der Waals surface area contributed by atoms with Gasteiger partial charge in [0, 0.05) is 0 Å². The molecule has 0 aliphatic rings. The quantitative estimate of drug-likeness (QED) is 0.292. The molecule has 2 heterocycles. The van der Waals surface area contributed by atoms with Crippen molar-refractivity contribution in [2.75, 3.05) is 0 Å². The van der Waals surface area contributed by atoms with E-state index in [2.05, 4.69) is 30.7 Å². The van der Waals surface area contributed by atoms with Crippen molar-refractivity contribution in [1.82, 2.24) is 9.97 Å². The molecule has 0 aliphatic heterocycles. The summed E-state index contributed by atoms with van der Waals surface area (Å²) >= 11 is -1.89. The number of halogens is 3. The molecule has 2 aromatic rings. The minimum atomic E-state index is -4.38. The zero-order chi connectivity index (χ0) is 20.6. The monoisotopic (exact) mass is 520 g/mol. The normalized spacial score (nSPS) is 12.5. The number of thiazole rings is 1. The first-order valence-electron chi connectivity index (χ1n) is 10.4. The second kappa shape index (κ2) is 10.9. The summed E-state index contributed by atoms with van der Waals surface area (Å²) in [5.41, 5.74) is 0.154. The molecule has 2 aromatic heterocycles. The van der Waals surface area contributed by atoms with Crippen molar-refractivity contribution in [2.24, 2.45) is 0 Å². The van der Waals surface area contributed by atoms with Crippen molar-refractivity contribution in [3.8, 4) is 10.6 Å². The van der Waals surface area contributed by atoms with E-state index >= 15 is 0 Å². The van der Waals surface area contributed by atoms with Crippen molar-refractivity contribution in [3.63, 3.8) is 0 Å². The summed E-state index contributed by atoms with van der Waals surface area (Å²) < 4.78 is 45.8. The standard InChI is InChI=1S/C9H4F3N2S.3C4H9.Sn/c10-9(11,12)7-5-15-8(14-7)6-1-3-13-4-2-6;3*1-3-4-2;/h1-4H;3*1,3-4H2,2H3;. The molecule has 7 heteroatoms. The van der Waals surface area contributed by atoms with Crippen LogP contribution in [0.15, 0.2) is 24.5 Å². The van der Waals surface area contributed by atoms with Gasteiger partial charge in [0.15, 0.2) is 0 Å². The van der Waals surface area contributed by atoms with Gasteiger partial charge in [-0.1, -0.05) is 0 Å². The van der Waals surface area contributed by atoms with Crippen LogP contribution in [-0.4, -0.2) is 28.3 Å². The third-order valence-electron chi connectivity index (χ3n) is 5.33. The van der Waals surface area contributed by atoms with Crippen LogP contribution in [0.25, 0.3) is 10.6 Å². The van der Waals surface area contributed by atoms with Crippen LogP contribution in [0.3, 0.4) is 0 Å². The molecular weight excluding hydrogens is 488 g/mol. The van der Waals surface area contributed by atoms with E-state index in [0.29, 0.717) is 7.90 Å². The molecule has 0 N–H and O–H groups in total. The van der Waals surface area contributed by atoms with E-state index in [1.165, 1.54) is 11.3 Å². The summed E-state index contributed by atoms with van der Waals surface area (Å²) in [7, 11) is 0. The van der Waals surface area contributed by atoms with Crippen LogP contribution in [0.5, 0.6) is 0 Å². The Morgan fingerprint density at radius 3 is 1.82 bits per heavy atom. The molecule has 156 valence electrons. The van der Waals surface area contributed by atoms with Crippen molar-refractivity contribution < 1.29 is 13.2 Å². The van der Waals surface area contributed by atoms with Gasteiger partial charge in [-0.2, -0.15) is 0 Å². The Kier molecular flexibility index (Phi) is 9.25. The number of pyridine rings is 1. The number of hydrogen-bond acceptors (Lipinski definition) is 3. The number of nitrogens with zero attached hydrogens (tertiary/aromatic N) is 2. The Labute approximate surface area is 174 Å². The Bertz CT molecular complexity index is 694. The Hall–Kier alpha value is -0.631. The van der Waals surface area contributed by atoms with Crippen molar-refractivity contribution >= 4 is 32.6 Å². The van der Waals surface area contributed by atoms with Gasteiger partial charge in [-0.05, 0) is 0 Å². The molecule has 0 bridgehead atoms. The fourth-order valence-corrected chi connectivity index (χ4v) is 24.4. The van der Waals surface area contributed by atoms with Crippen LogP contribution in [0.4, 0.5) is 13.2 Å². The molecule has 0 unspecified atom stereocenters. The zero-order valence-corrected chi connectivity index (χ0v) is 20.8. The summed E-state index contributed by atoms with van der Waals surface area (Å²) in [5.74, 6) is 0. The molecule has 0 amide bonds. The SMILES string of the molecule is CCC[CH2][Sn]([CH2]CCC)([CH2]CCC)[c]1sc(-c2ccncc2)nc1C(F)(F)F. The first-order valence-corrected chi connectivity index (χ1v) is 18.7. The number of hydrogen-bond donors (Lipinski definition) is 0. The number of alkyl halides is 3. The average molecular weight is 519 g/mol. The number of aromatic nitrogens is 2. The summed E-state index contributed by atoms with van der Waals surface area (Å²) in [4.78, 5) is 8.15. The molecule has 0 aliphatic carbocycles. The van der Waals surface area contributed by atoms with Crippen molar-refractivity contribution in [1.29, 1.82) is 0 Å². The van der Waals surface area contributed by atoms with Crippen LogP contribution in [0, 0.1) is 0 Å². The third kappa shape index (κ3) is 5.94. The predicted molar refractivity (Wildman–Crippen MR) is 115 cm³/mol. The van der Waals surface area contributed by atoms with Crippen molar-refractivity contribution in [2.45, 2.75) is 78.8 Å². The van der Waals surface area contributed by atoms with Gasteiger partial charge in [-0.15, -0.1) is 0 Å². The van der Waals surface area contributed by atoms with Crippen LogP contribution in [-0.2, 0) is 6.18 Å². The second-order valence-electron chi connectivity index (χ2n) is 7.52. The van der Waals surface area contributed by atoms with Gasteiger partial charge in [-0.3, -0.25) is 0 Å². The summed E-state index contributed by atoms with van der Waals surface area (Å²) in [6, 6.07) is 3.51. The van der Waals surface area contributed by atoms with Gasteiger partial charge in [-0.25, -0.2) is 0 Å². The first kappa shape index (κ1) is 23.6. The fourth-order valence-electron chi connectivity index (χ4n) is 3.75. The molecule has 0 spiro atoms. The number of unbranched alkanes of at least 4 members (excludes halogenated alkanes) is 3. The molecule has 2 nitrogen and oxygen atoms in total. The molecule has 0 aromatic carbocycles. The molecular formula is C21H31F3N2SSn. The van der Waals surface area contributed by atoms with E-state index in [1.54, 1.807) is 24.5 Å². The van der Waals surface area contributed by atoms with Gasteiger partial charge in [0.2, 0.25) is 0 Å². The van der Waals surface area contributed by atoms with Gasteiger partial charge >= 0.3 is 175 Å². The van der Waals surface area contributed by atoms with Crippen molar-refractivity contribution in [3.05, 3.63) is 30.2 Å². The molecule has 2 rings (SSSR count). The molecule has 0 saturated heterocycles. The third-order valence-corrected chi connectivity index (χ3v) is 24.7. The molecule has 0 saturated carbocycles. The van der Waals surface area contributed by atoms with Gasteiger partial charge in [0.05, 0.1) is 0 Å². The Balaban J connectivity index is 2.62. The van der Waals surface area contributed by atoms with Gasteiger partial charge in [0.25, 0.3) is 0 Å². The molecule has 0 fully saturated rings. The van der Waals surface area contributed by atoms with Crippen LogP contribution >= 0.6 is 11.3 Å². The Morgan fingerprint density at radius 2 is 1.39 bits per heavy atom. The van der Waals surface area contributed by atoms with E-state index in [9.17, 15) is 13.2 Å². The summed E-state index contributed by atoms with van der Waals surface area (Å²) in [6.45, 7) is 6.40. The molecule has 0 atom stereocenters. The minimum absolute atomic E-state index is 0.496. The maximum atomic E-state index is 14.0. The molecule has 0 radical (unpaired) electrons. The number of rotatable bonds is 11. The van der Waals surface area contributed by atoms with Crippen LogP contribution in [0.1, 0.15) is 65.0 Å². The second-order valence-corrected chi connectivity index (χ2v) is 22.6. The topological polar surface area (TPSA) is 25.8 Å². The van der Waals surface area contributed by atoms with E-state index in [4.69, 9.17) is 0 Å². The summed E-state index contributed by atoms with van der Waals surface area (Å²) in [6.07, 6.45) is 5.05.